The van der Waals surface area contributed by atoms with Crippen LogP contribution in [0.3, 0.4) is 0 Å². The Bertz CT molecular complexity index is 554. The first-order chi connectivity index (χ1) is 9.91. The van der Waals surface area contributed by atoms with Gasteiger partial charge in [-0.2, -0.15) is 0 Å². The topological polar surface area (TPSA) is 69.6 Å². The van der Waals surface area contributed by atoms with Crippen LogP contribution in [0.5, 0.6) is 5.75 Å². The smallest absolute Gasteiger partial charge is 0.258 e. The summed E-state index contributed by atoms with van der Waals surface area (Å²) in [5.41, 5.74) is 1.23. The highest BCUT2D eigenvalue weighted by Gasteiger charge is 2.29. The van der Waals surface area contributed by atoms with Crippen molar-refractivity contribution in [2.24, 2.45) is 0 Å². The molecule has 2 N–H and O–H groups in total. The van der Waals surface area contributed by atoms with Crippen LogP contribution in [-0.4, -0.2) is 41.0 Å². The second kappa shape index (κ2) is 6.16. The molecule has 2 rings (SSSR count). The molecule has 0 aliphatic carbocycles. The molecule has 1 aliphatic heterocycles. The second-order valence-electron chi connectivity index (χ2n) is 5.75. The number of nitrogens with zero attached hydrogens (tertiary/aromatic N) is 1. The third-order valence-electron chi connectivity index (χ3n) is 3.90. The van der Waals surface area contributed by atoms with Gasteiger partial charge in [0.15, 0.2) is 0 Å². The molecule has 0 spiro atoms. The van der Waals surface area contributed by atoms with E-state index in [1.165, 1.54) is 4.90 Å². The number of phenols is 1. The SMILES string of the molecule is CC(C)c1ccc(C(=O)N2CCCNC(=O)[C@@H]2C)c(O)c1. The minimum absolute atomic E-state index is 0.0249. The van der Waals surface area contributed by atoms with Crippen molar-refractivity contribution in [3.8, 4) is 5.75 Å². The molecule has 0 bridgehead atoms. The summed E-state index contributed by atoms with van der Waals surface area (Å²) in [4.78, 5) is 25.9. The number of carbonyl (C=O) groups excluding carboxylic acids is 2. The van der Waals surface area contributed by atoms with E-state index in [9.17, 15) is 14.7 Å². The maximum Gasteiger partial charge on any atom is 0.258 e. The summed E-state index contributed by atoms with van der Waals surface area (Å²) in [7, 11) is 0. The Labute approximate surface area is 125 Å². The summed E-state index contributed by atoms with van der Waals surface area (Å²) in [6.45, 7) is 6.84. The van der Waals surface area contributed by atoms with E-state index in [0.717, 1.165) is 5.56 Å². The molecule has 5 nitrogen and oxygen atoms in total. The van der Waals surface area contributed by atoms with Crippen molar-refractivity contribution in [2.45, 2.75) is 39.2 Å². The molecule has 21 heavy (non-hydrogen) atoms. The lowest BCUT2D eigenvalue weighted by Crippen LogP contribution is -2.45. The quantitative estimate of drug-likeness (QED) is 0.873. The van der Waals surface area contributed by atoms with E-state index in [4.69, 9.17) is 0 Å². The van der Waals surface area contributed by atoms with Crippen LogP contribution < -0.4 is 5.32 Å². The van der Waals surface area contributed by atoms with E-state index in [1.807, 2.05) is 19.9 Å². The van der Waals surface area contributed by atoms with Gasteiger partial charge < -0.3 is 15.3 Å². The Morgan fingerprint density at radius 2 is 2.14 bits per heavy atom. The van der Waals surface area contributed by atoms with Crippen molar-refractivity contribution < 1.29 is 14.7 Å². The fourth-order valence-electron chi connectivity index (χ4n) is 2.46. The van der Waals surface area contributed by atoms with Gasteiger partial charge in [-0.25, -0.2) is 0 Å². The number of aromatic hydroxyl groups is 1. The number of amides is 2. The van der Waals surface area contributed by atoms with Gasteiger partial charge in [0, 0.05) is 13.1 Å². The van der Waals surface area contributed by atoms with Crippen LogP contribution in [0.1, 0.15) is 49.0 Å². The van der Waals surface area contributed by atoms with Gasteiger partial charge in [0.05, 0.1) is 5.56 Å². The molecule has 1 aromatic carbocycles. The molecular weight excluding hydrogens is 268 g/mol. The number of benzene rings is 1. The van der Waals surface area contributed by atoms with Gasteiger partial charge in [0.2, 0.25) is 5.91 Å². The van der Waals surface area contributed by atoms with Crippen molar-refractivity contribution in [3.05, 3.63) is 29.3 Å². The van der Waals surface area contributed by atoms with Crippen molar-refractivity contribution in [2.75, 3.05) is 13.1 Å². The number of hydrogen-bond donors (Lipinski definition) is 2. The van der Waals surface area contributed by atoms with E-state index < -0.39 is 6.04 Å². The molecule has 1 saturated heterocycles. The zero-order chi connectivity index (χ0) is 15.6. The largest absolute Gasteiger partial charge is 0.507 e. The molecule has 0 radical (unpaired) electrons. The number of nitrogens with one attached hydrogen (secondary N) is 1. The molecule has 5 heteroatoms. The highest BCUT2D eigenvalue weighted by atomic mass is 16.3. The van der Waals surface area contributed by atoms with Crippen molar-refractivity contribution in [1.82, 2.24) is 10.2 Å². The Kier molecular flexibility index (Phi) is 4.50. The molecule has 1 atom stereocenters. The average molecular weight is 290 g/mol. The van der Waals surface area contributed by atoms with Crippen molar-refractivity contribution >= 4 is 11.8 Å². The van der Waals surface area contributed by atoms with E-state index in [0.29, 0.717) is 19.5 Å². The van der Waals surface area contributed by atoms with E-state index in [1.54, 1.807) is 19.1 Å². The average Bonchev–Trinajstić information content (AvgIpc) is 2.61. The van der Waals surface area contributed by atoms with Crippen molar-refractivity contribution in [3.63, 3.8) is 0 Å². The maximum atomic E-state index is 12.6. The van der Waals surface area contributed by atoms with Crippen LogP contribution in [-0.2, 0) is 4.79 Å². The predicted octanol–water partition coefficient (Wildman–Crippen LogP) is 1.87. The number of hydrogen-bond acceptors (Lipinski definition) is 3. The number of carbonyl (C=O) groups is 2. The van der Waals surface area contributed by atoms with Crippen LogP contribution in [0, 0.1) is 0 Å². The molecule has 1 aliphatic rings. The van der Waals surface area contributed by atoms with Gasteiger partial charge in [0.1, 0.15) is 11.8 Å². The number of phenolic OH excluding ortho intramolecular Hbond substituents is 1. The fourth-order valence-corrected chi connectivity index (χ4v) is 2.46. The van der Waals surface area contributed by atoms with Gasteiger partial charge in [-0.3, -0.25) is 9.59 Å². The minimum Gasteiger partial charge on any atom is -0.507 e. The molecule has 1 fully saturated rings. The molecule has 0 saturated carbocycles. The van der Waals surface area contributed by atoms with E-state index in [-0.39, 0.29) is 29.0 Å². The molecular formula is C16H22N2O3. The zero-order valence-corrected chi connectivity index (χ0v) is 12.7. The van der Waals surface area contributed by atoms with Crippen LogP contribution >= 0.6 is 0 Å². The number of rotatable bonds is 2. The van der Waals surface area contributed by atoms with Gasteiger partial charge in [-0.15, -0.1) is 0 Å². The van der Waals surface area contributed by atoms with Crippen molar-refractivity contribution in [1.29, 1.82) is 0 Å². The van der Waals surface area contributed by atoms with Gasteiger partial charge in [0.25, 0.3) is 5.91 Å². The highest BCUT2D eigenvalue weighted by molar-refractivity contribution is 5.99. The maximum absolute atomic E-state index is 12.6. The third-order valence-corrected chi connectivity index (χ3v) is 3.90. The summed E-state index contributed by atoms with van der Waals surface area (Å²) in [6.07, 6.45) is 0.715. The second-order valence-corrected chi connectivity index (χ2v) is 5.75. The van der Waals surface area contributed by atoms with E-state index >= 15 is 0 Å². The summed E-state index contributed by atoms with van der Waals surface area (Å²) in [5, 5.41) is 12.9. The Hall–Kier alpha value is -2.04. The molecule has 1 heterocycles. The summed E-state index contributed by atoms with van der Waals surface area (Å²) >= 11 is 0. The van der Waals surface area contributed by atoms with E-state index in [2.05, 4.69) is 5.32 Å². The molecule has 2 amide bonds. The monoisotopic (exact) mass is 290 g/mol. The normalized spacial score (nSPS) is 19.3. The van der Waals surface area contributed by atoms with Gasteiger partial charge >= 0.3 is 0 Å². The highest BCUT2D eigenvalue weighted by Crippen LogP contribution is 2.25. The first kappa shape index (κ1) is 15.4. The van der Waals surface area contributed by atoms with Crippen LogP contribution in [0.4, 0.5) is 0 Å². The first-order valence-corrected chi connectivity index (χ1v) is 7.33. The molecule has 114 valence electrons. The van der Waals surface area contributed by atoms with Crippen LogP contribution in [0.15, 0.2) is 18.2 Å². The lowest BCUT2D eigenvalue weighted by atomic mass is 10.00. The van der Waals surface area contributed by atoms with Crippen LogP contribution in [0.2, 0.25) is 0 Å². The fraction of sp³-hybridized carbons (Fsp3) is 0.500. The predicted molar refractivity (Wildman–Crippen MR) is 80.3 cm³/mol. The summed E-state index contributed by atoms with van der Waals surface area (Å²) in [6, 6.07) is 4.59. The molecule has 0 unspecified atom stereocenters. The minimum atomic E-state index is -0.524. The Balaban J connectivity index is 2.28. The Morgan fingerprint density at radius 3 is 2.76 bits per heavy atom. The van der Waals surface area contributed by atoms with Gasteiger partial charge in [-0.1, -0.05) is 19.9 Å². The lowest BCUT2D eigenvalue weighted by Gasteiger charge is -2.26. The first-order valence-electron chi connectivity index (χ1n) is 7.33. The zero-order valence-electron chi connectivity index (χ0n) is 12.7. The summed E-state index contributed by atoms with van der Waals surface area (Å²) < 4.78 is 0. The Morgan fingerprint density at radius 1 is 1.43 bits per heavy atom. The molecule has 0 aromatic heterocycles. The molecule has 1 aromatic rings. The third kappa shape index (κ3) is 3.17. The van der Waals surface area contributed by atoms with Gasteiger partial charge in [-0.05, 0) is 37.0 Å². The lowest BCUT2D eigenvalue weighted by molar-refractivity contribution is -0.124. The van der Waals surface area contributed by atoms with Crippen LogP contribution in [0.25, 0.3) is 0 Å². The standard InChI is InChI=1S/C16H22N2O3/c1-10(2)12-5-6-13(14(19)9-12)16(21)18-8-4-7-17-15(20)11(18)3/h5-6,9-11,19H,4,7-8H2,1-3H3,(H,17,20)/t11-/m0/s1. The summed E-state index contributed by atoms with van der Waals surface area (Å²) in [5.74, 6) is -0.197.